The van der Waals surface area contributed by atoms with Gasteiger partial charge in [0.05, 0.1) is 12.6 Å². The molecule has 0 saturated heterocycles. The normalized spacial score (nSPS) is 20.2. The average Bonchev–Trinajstić information content (AvgIpc) is 2.79. The first-order valence-corrected chi connectivity index (χ1v) is 7.16. The van der Waals surface area contributed by atoms with Crippen molar-refractivity contribution in [3.05, 3.63) is 0 Å². The van der Waals surface area contributed by atoms with Crippen LogP contribution in [0.3, 0.4) is 0 Å². The van der Waals surface area contributed by atoms with Crippen molar-refractivity contribution in [2.24, 2.45) is 5.92 Å². The molecular weight excluding hydrogens is 230 g/mol. The first-order chi connectivity index (χ1) is 8.52. The van der Waals surface area contributed by atoms with E-state index in [0.29, 0.717) is 12.5 Å². The highest BCUT2D eigenvalue weighted by Gasteiger charge is 2.23. The van der Waals surface area contributed by atoms with Crippen LogP contribution in [0.15, 0.2) is 0 Å². The van der Waals surface area contributed by atoms with Gasteiger partial charge in [-0.05, 0) is 25.7 Å². The average molecular weight is 257 g/mol. The standard InChI is InChI=1S/C14H27NO3/c1-3-11(2)15(10-14(17)18)9-13(16)8-12-6-4-5-7-12/h11-13,16H,3-10H2,1-2H3,(H,17,18). The van der Waals surface area contributed by atoms with Crippen LogP contribution in [0.25, 0.3) is 0 Å². The summed E-state index contributed by atoms with van der Waals surface area (Å²) in [5.74, 6) is -0.174. The van der Waals surface area contributed by atoms with Gasteiger partial charge in [0.15, 0.2) is 0 Å². The second-order valence-electron chi connectivity index (χ2n) is 5.62. The molecule has 1 aliphatic carbocycles. The molecule has 2 atom stereocenters. The fraction of sp³-hybridized carbons (Fsp3) is 0.929. The summed E-state index contributed by atoms with van der Waals surface area (Å²) in [4.78, 5) is 12.7. The molecule has 0 heterocycles. The summed E-state index contributed by atoms with van der Waals surface area (Å²) in [7, 11) is 0. The summed E-state index contributed by atoms with van der Waals surface area (Å²) >= 11 is 0. The van der Waals surface area contributed by atoms with Gasteiger partial charge in [-0.15, -0.1) is 0 Å². The zero-order valence-corrected chi connectivity index (χ0v) is 11.6. The Kier molecular flexibility index (Phi) is 6.65. The third-order valence-electron chi connectivity index (χ3n) is 4.08. The van der Waals surface area contributed by atoms with E-state index >= 15 is 0 Å². The third-order valence-corrected chi connectivity index (χ3v) is 4.08. The zero-order chi connectivity index (χ0) is 13.5. The number of hydrogen-bond acceptors (Lipinski definition) is 3. The van der Waals surface area contributed by atoms with Crippen molar-refractivity contribution in [2.45, 2.75) is 64.5 Å². The Morgan fingerprint density at radius 3 is 2.50 bits per heavy atom. The lowest BCUT2D eigenvalue weighted by Crippen LogP contribution is -2.42. The fourth-order valence-corrected chi connectivity index (χ4v) is 2.81. The van der Waals surface area contributed by atoms with Crippen LogP contribution in [0.5, 0.6) is 0 Å². The summed E-state index contributed by atoms with van der Waals surface area (Å²) in [6.07, 6.45) is 6.35. The largest absolute Gasteiger partial charge is 0.480 e. The molecule has 0 radical (unpaired) electrons. The number of aliphatic hydroxyl groups is 1. The number of hydrogen-bond donors (Lipinski definition) is 2. The number of aliphatic hydroxyl groups excluding tert-OH is 1. The molecule has 0 spiro atoms. The molecule has 1 saturated carbocycles. The number of rotatable bonds is 8. The van der Waals surface area contributed by atoms with Crippen LogP contribution in [0.1, 0.15) is 52.4 Å². The van der Waals surface area contributed by atoms with Crippen LogP contribution in [-0.2, 0) is 4.79 Å². The van der Waals surface area contributed by atoms with Crippen molar-refractivity contribution in [1.82, 2.24) is 4.90 Å². The van der Waals surface area contributed by atoms with Crippen LogP contribution in [-0.4, -0.2) is 46.3 Å². The van der Waals surface area contributed by atoms with Gasteiger partial charge in [0.2, 0.25) is 0 Å². The van der Waals surface area contributed by atoms with Gasteiger partial charge in [0.1, 0.15) is 0 Å². The monoisotopic (exact) mass is 257 g/mol. The lowest BCUT2D eigenvalue weighted by molar-refractivity contribution is -0.139. The van der Waals surface area contributed by atoms with Crippen LogP contribution >= 0.6 is 0 Å². The highest BCUT2D eigenvalue weighted by molar-refractivity contribution is 5.69. The maximum absolute atomic E-state index is 10.8. The lowest BCUT2D eigenvalue weighted by atomic mass is 9.99. The molecule has 2 unspecified atom stereocenters. The SMILES string of the molecule is CCC(C)N(CC(=O)O)CC(O)CC1CCCC1. The van der Waals surface area contributed by atoms with Gasteiger partial charge in [-0.2, -0.15) is 0 Å². The Balaban J connectivity index is 2.39. The molecule has 1 fully saturated rings. The number of aliphatic carboxylic acids is 1. The van der Waals surface area contributed by atoms with E-state index < -0.39 is 5.97 Å². The van der Waals surface area contributed by atoms with Crippen molar-refractivity contribution < 1.29 is 15.0 Å². The summed E-state index contributed by atoms with van der Waals surface area (Å²) < 4.78 is 0. The van der Waals surface area contributed by atoms with Crippen molar-refractivity contribution in [3.8, 4) is 0 Å². The Morgan fingerprint density at radius 1 is 1.39 bits per heavy atom. The van der Waals surface area contributed by atoms with E-state index in [1.807, 2.05) is 18.7 Å². The first kappa shape index (κ1) is 15.4. The molecule has 1 aliphatic rings. The summed E-state index contributed by atoms with van der Waals surface area (Å²) in [6, 6.07) is 0.208. The second kappa shape index (κ2) is 7.74. The van der Waals surface area contributed by atoms with E-state index in [1.54, 1.807) is 0 Å². The fourth-order valence-electron chi connectivity index (χ4n) is 2.81. The molecule has 0 aromatic rings. The molecule has 4 heteroatoms. The molecule has 0 aromatic heterocycles. The Morgan fingerprint density at radius 2 is 2.00 bits per heavy atom. The topological polar surface area (TPSA) is 60.8 Å². The van der Waals surface area contributed by atoms with Gasteiger partial charge in [0.25, 0.3) is 0 Å². The highest BCUT2D eigenvalue weighted by Crippen LogP contribution is 2.28. The smallest absolute Gasteiger partial charge is 0.317 e. The molecule has 2 N–H and O–H groups in total. The van der Waals surface area contributed by atoms with Gasteiger partial charge >= 0.3 is 5.97 Å². The molecule has 0 amide bonds. The van der Waals surface area contributed by atoms with Crippen LogP contribution in [0, 0.1) is 5.92 Å². The van der Waals surface area contributed by atoms with Gasteiger partial charge in [0, 0.05) is 12.6 Å². The van der Waals surface area contributed by atoms with E-state index in [-0.39, 0.29) is 18.7 Å². The van der Waals surface area contributed by atoms with Crippen molar-refractivity contribution in [3.63, 3.8) is 0 Å². The number of carboxylic acids is 1. The molecule has 106 valence electrons. The number of carboxylic acid groups (broad SMARTS) is 1. The zero-order valence-electron chi connectivity index (χ0n) is 11.6. The summed E-state index contributed by atoms with van der Waals surface area (Å²) in [5, 5.41) is 19.0. The van der Waals surface area contributed by atoms with Crippen LogP contribution in [0.4, 0.5) is 0 Å². The van der Waals surface area contributed by atoms with Crippen molar-refractivity contribution in [2.75, 3.05) is 13.1 Å². The molecule has 4 nitrogen and oxygen atoms in total. The summed E-state index contributed by atoms with van der Waals surface area (Å²) in [6.45, 7) is 4.57. The maximum atomic E-state index is 10.8. The third kappa shape index (κ3) is 5.36. The predicted octanol–water partition coefficient (Wildman–Crippen LogP) is 2.11. The lowest BCUT2D eigenvalue weighted by Gasteiger charge is -2.29. The quantitative estimate of drug-likeness (QED) is 0.699. The molecule has 0 aromatic carbocycles. The van der Waals surface area contributed by atoms with Gasteiger partial charge < -0.3 is 10.2 Å². The molecule has 0 aliphatic heterocycles. The van der Waals surface area contributed by atoms with E-state index in [9.17, 15) is 9.90 Å². The Bertz CT molecular complexity index is 251. The van der Waals surface area contributed by atoms with Crippen molar-refractivity contribution in [1.29, 1.82) is 0 Å². The van der Waals surface area contributed by atoms with E-state index in [2.05, 4.69) is 0 Å². The minimum Gasteiger partial charge on any atom is -0.480 e. The van der Waals surface area contributed by atoms with E-state index in [0.717, 1.165) is 12.8 Å². The number of carbonyl (C=O) groups is 1. The maximum Gasteiger partial charge on any atom is 0.317 e. The second-order valence-corrected chi connectivity index (χ2v) is 5.62. The van der Waals surface area contributed by atoms with Gasteiger partial charge in [-0.3, -0.25) is 9.69 Å². The Hall–Kier alpha value is -0.610. The predicted molar refractivity (Wildman–Crippen MR) is 71.5 cm³/mol. The van der Waals surface area contributed by atoms with E-state index in [4.69, 9.17) is 5.11 Å². The first-order valence-electron chi connectivity index (χ1n) is 7.16. The number of nitrogens with zero attached hydrogens (tertiary/aromatic N) is 1. The Labute approximate surface area is 110 Å². The van der Waals surface area contributed by atoms with E-state index in [1.165, 1.54) is 25.7 Å². The minimum atomic E-state index is -0.816. The van der Waals surface area contributed by atoms with Crippen molar-refractivity contribution >= 4 is 5.97 Å². The van der Waals surface area contributed by atoms with Gasteiger partial charge in [-0.1, -0.05) is 32.6 Å². The summed E-state index contributed by atoms with van der Waals surface area (Å²) in [5.41, 5.74) is 0. The van der Waals surface area contributed by atoms with Crippen LogP contribution in [0.2, 0.25) is 0 Å². The highest BCUT2D eigenvalue weighted by atomic mass is 16.4. The minimum absolute atomic E-state index is 0.0245. The molecule has 18 heavy (non-hydrogen) atoms. The van der Waals surface area contributed by atoms with Crippen LogP contribution < -0.4 is 0 Å². The molecular formula is C14H27NO3. The van der Waals surface area contributed by atoms with Gasteiger partial charge in [-0.25, -0.2) is 0 Å². The molecule has 1 rings (SSSR count). The molecule has 0 bridgehead atoms.